The van der Waals surface area contributed by atoms with Crippen LogP contribution in [-0.2, 0) is 13.1 Å². The van der Waals surface area contributed by atoms with Gasteiger partial charge in [-0.2, -0.15) is 0 Å². The molecule has 0 amide bonds. The summed E-state index contributed by atoms with van der Waals surface area (Å²) in [5, 5.41) is 3.27. The summed E-state index contributed by atoms with van der Waals surface area (Å²) in [5.74, 6) is -0.198. The van der Waals surface area contributed by atoms with Crippen molar-refractivity contribution in [3.63, 3.8) is 0 Å². The first-order chi connectivity index (χ1) is 7.84. The molecule has 0 aliphatic heterocycles. The highest BCUT2D eigenvalue weighted by atomic mass is 35.5. The van der Waals surface area contributed by atoms with Crippen LogP contribution in [-0.4, -0.2) is 4.98 Å². The highest BCUT2D eigenvalue weighted by Crippen LogP contribution is 2.02. The molecule has 1 aromatic carbocycles. The van der Waals surface area contributed by atoms with E-state index in [1.807, 2.05) is 18.3 Å². The lowest BCUT2D eigenvalue weighted by molar-refractivity contribution is 0.625. The minimum atomic E-state index is -0.198. The van der Waals surface area contributed by atoms with E-state index < -0.39 is 0 Å². The number of rotatable bonds is 4. The van der Waals surface area contributed by atoms with E-state index in [0.717, 1.165) is 24.2 Å². The van der Waals surface area contributed by atoms with Crippen LogP contribution in [0.1, 0.15) is 11.1 Å². The maximum atomic E-state index is 12.6. The van der Waals surface area contributed by atoms with Crippen molar-refractivity contribution in [3.8, 4) is 0 Å². The van der Waals surface area contributed by atoms with Crippen molar-refractivity contribution in [1.82, 2.24) is 10.3 Å². The Hall–Kier alpha value is -1.16. The van der Waals surface area contributed by atoms with Crippen LogP contribution in [0.15, 0.2) is 48.8 Å². The van der Waals surface area contributed by atoms with Gasteiger partial charge in [0.05, 0.1) is 0 Å². The second kappa shape index (κ2) is 8.86. The number of benzene rings is 1. The van der Waals surface area contributed by atoms with Gasteiger partial charge >= 0.3 is 0 Å². The summed E-state index contributed by atoms with van der Waals surface area (Å²) in [7, 11) is 0. The predicted octanol–water partition coefficient (Wildman–Crippen LogP) is 3.35. The third-order valence-electron chi connectivity index (χ3n) is 2.29. The van der Waals surface area contributed by atoms with E-state index in [1.165, 1.54) is 12.1 Å². The number of halogens is 3. The smallest absolute Gasteiger partial charge is 0.123 e. The molecule has 0 fully saturated rings. The number of pyridine rings is 1. The van der Waals surface area contributed by atoms with Crippen LogP contribution in [0.5, 0.6) is 0 Å². The van der Waals surface area contributed by atoms with Crippen LogP contribution in [0.2, 0.25) is 0 Å². The monoisotopic (exact) mass is 288 g/mol. The molecule has 0 bridgehead atoms. The van der Waals surface area contributed by atoms with Crippen molar-refractivity contribution in [3.05, 3.63) is 65.7 Å². The first-order valence-electron chi connectivity index (χ1n) is 5.18. The molecule has 0 saturated heterocycles. The van der Waals surface area contributed by atoms with E-state index in [2.05, 4.69) is 10.3 Å². The molecule has 0 saturated carbocycles. The molecular weight excluding hydrogens is 274 g/mol. The molecule has 1 N–H and O–H groups in total. The average Bonchev–Trinajstić information content (AvgIpc) is 2.33. The molecule has 18 heavy (non-hydrogen) atoms. The Morgan fingerprint density at radius 3 is 2.22 bits per heavy atom. The highest BCUT2D eigenvalue weighted by molar-refractivity contribution is 5.85. The Kier molecular flexibility index (Phi) is 8.29. The minimum absolute atomic E-state index is 0. The summed E-state index contributed by atoms with van der Waals surface area (Å²) in [6.07, 6.45) is 3.58. The molecule has 0 radical (unpaired) electrons. The van der Waals surface area contributed by atoms with E-state index in [0.29, 0.717) is 0 Å². The van der Waals surface area contributed by atoms with Crippen LogP contribution in [0.25, 0.3) is 0 Å². The molecule has 5 heteroatoms. The van der Waals surface area contributed by atoms with Crippen LogP contribution < -0.4 is 5.32 Å². The zero-order valence-corrected chi connectivity index (χ0v) is 11.3. The molecule has 0 unspecified atom stereocenters. The number of hydrogen-bond donors (Lipinski definition) is 1. The van der Waals surface area contributed by atoms with Gasteiger partial charge in [-0.05, 0) is 29.3 Å². The zero-order chi connectivity index (χ0) is 11.2. The third kappa shape index (κ3) is 5.45. The lowest BCUT2D eigenvalue weighted by atomic mass is 10.2. The van der Waals surface area contributed by atoms with Crippen molar-refractivity contribution < 1.29 is 4.39 Å². The summed E-state index contributed by atoms with van der Waals surface area (Å²) in [4.78, 5) is 4.03. The molecule has 98 valence electrons. The van der Waals surface area contributed by atoms with Gasteiger partial charge in [0, 0.05) is 25.5 Å². The van der Waals surface area contributed by atoms with Crippen molar-refractivity contribution in [2.75, 3.05) is 0 Å². The molecule has 2 nitrogen and oxygen atoms in total. The van der Waals surface area contributed by atoms with Crippen LogP contribution in [0.3, 0.4) is 0 Å². The first kappa shape index (κ1) is 16.8. The Morgan fingerprint density at radius 1 is 0.944 bits per heavy atom. The Morgan fingerprint density at radius 2 is 1.61 bits per heavy atom. The summed E-state index contributed by atoms with van der Waals surface area (Å²) in [6, 6.07) is 10.4. The Bertz CT molecular complexity index is 435. The largest absolute Gasteiger partial charge is 0.309 e. The number of aromatic nitrogens is 1. The quantitative estimate of drug-likeness (QED) is 0.933. The van der Waals surface area contributed by atoms with E-state index in [4.69, 9.17) is 0 Å². The number of hydrogen-bond acceptors (Lipinski definition) is 2. The molecule has 1 heterocycles. The maximum absolute atomic E-state index is 12.6. The number of nitrogens with zero attached hydrogens (tertiary/aromatic N) is 1. The van der Waals surface area contributed by atoms with Crippen molar-refractivity contribution in [1.29, 1.82) is 0 Å². The van der Waals surface area contributed by atoms with Gasteiger partial charge < -0.3 is 5.32 Å². The SMILES string of the molecule is Cl.Cl.Fc1ccc(CNCc2cccnc2)cc1. The fraction of sp³-hybridized carbons (Fsp3) is 0.154. The van der Waals surface area contributed by atoms with Crippen molar-refractivity contribution in [2.45, 2.75) is 13.1 Å². The number of nitrogens with one attached hydrogen (secondary N) is 1. The lowest BCUT2D eigenvalue weighted by Gasteiger charge is -2.04. The summed E-state index contributed by atoms with van der Waals surface area (Å²) in [5.41, 5.74) is 2.22. The van der Waals surface area contributed by atoms with E-state index in [9.17, 15) is 4.39 Å². The molecule has 1 aromatic heterocycles. The van der Waals surface area contributed by atoms with Gasteiger partial charge in [0.2, 0.25) is 0 Å². The van der Waals surface area contributed by atoms with Crippen molar-refractivity contribution in [2.24, 2.45) is 0 Å². The van der Waals surface area contributed by atoms with Crippen LogP contribution in [0.4, 0.5) is 4.39 Å². The fourth-order valence-corrected chi connectivity index (χ4v) is 1.46. The molecule has 2 rings (SSSR count). The van der Waals surface area contributed by atoms with E-state index >= 15 is 0 Å². The molecular formula is C13H15Cl2FN2. The molecule has 0 spiro atoms. The van der Waals surface area contributed by atoms with Gasteiger partial charge in [0.25, 0.3) is 0 Å². The highest BCUT2D eigenvalue weighted by Gasteiger charge is 1.94. The maximum Gasteiger partial charge on any atom is 0.123 e. The zero-order valence-electron chi connectivity index (χ0n) is 9.67. The minimum Gasteiger partial charge on any atom is -0.309 e. The lowest BCUT2D eigenvalue weighted by Crippen LogP contribution is -2.12. The summed E-state index contributed by atoms with van der Waals surface area (Å²) >= 11 is 0. The normalized spacial score (nSPS) is 9.17. The third-order valence-corrected chi connectivity index (χ3v) is 2.29. The first-order valence-corrected chi connectivity index (χ1v) is 5.18. The van der Waals surface area contributed by atoms with Gasteiger partial charge in [-0.3, -0.25) is 4.98 Å². The van der Waals surface area contributed by atoms with E-state index in [-0.39, 0.29) is 30.6 Å². The van der Waals surface area contributed by atoms with Gasteiger partial charge in [-0.15, -0.1) is 24.8 Å². The van der Waals surface area contributed by atoms with Gasteiger partial charge in [-0.1, -0.05) is 18.2 Å². The fourth-order valence-electron chi connectivity index (χ4n) is 1.46. The topological polar surface area (TPSA) is 24.9 Å². The second-order valence-electron chi connectivity index (χ2n) is 3.59. The molecule has 0 atom stereocenters. The predicted molar refractivity (Wildman–Crippen MR) is 75.7 cm³/mol. The standard InChI is InChI=1S/C13H13FN2.2ClH/c14-13-5-3-11(4-6-13)8-16-10-12-2-1-7-15-9-12;;/h1-7,9,16H,8,10H2;2*1H. The molecule has 2 aromatic rings. The Labute approximate surface area is 118 Å². The average molecular weight is 289 g/mol. The van der Waals surface area contributed by atoms with Crippen LogP contribution in [0, 0.1) is 5.82 Å². The van der Waals surface area contributed by atoms with Crippen LogP contribution >= 0.6 is 24.8 Å². The van der Waals surface area contributed by atoms with Gasteiger partial charge in [0.15, 0.2) is 0 Å². The van der Waals surface area contributed by atoms with E-state index in [1.54, 1.807) is 18.3 Å². The second-order valence-corrected chi connectivity index (χ2v) is 3.59. The summed E-state index contributed by atoms with van der Waals surface area (Å²) < 4.78 is 12.6. The van der Waals surface area contributed by atoms with Crippen molar-refractivity contribution >= 4 is 24.8 Å². The molecule has 0 aliphatic rings. The summed E-state index contributed by atoms with van der Waals surface area (Å²) in [6.45, 7) is 1.50. The van der Waals surface area contributed by atoms with Gasteiger partial charge in [0.1, 0.15) is 5.82 Å². The molecule has 0 aliphatic carbocycles. The Balaban J connectivity index is 0.00000144. The van der Waals surface area contributed by atoms with Gasteiger partial charge in [-0.25, -0.2) is 4.39 Å².